The van der Waals surface area contributed by atoms with Gasteiger partial charge >= 0.3 is 0 Å². The minimum atomic E-state index is -0.0807. The topological polar surface area (TPSA) is 54.4 Å². The molecule has 1 atom stereocenters. The van der Waals surface area contributed by atoms with Crippen LogP contribution in [0.5, 0.6) is 0 Å². The van der Waals surface area contributed by atoms with Gasteiger partial charge in [-0.1, -0.05) is 20.8 Å². The molecule has 1 aromatic rings. The van der Waals surface area contributed by atoms with Gasteiger partial charge in [0.15, 0.2) is 0 Å². The average Bonchev–Trinajstić information content (AvgIpc) is 2.69. The Morgan fingerprint density at radius 3 is 2.95 bits per heavy atom. The van der Waals surface area contributed by atoms with E-state index in [-0.39, 0.29) is 11.3 Å². The van der Waals surface area contributed by atoms with Crippen LogP contribution in [0.4, 0.5) is 0 Å². The molecule has 0 aliphatic heterocycles. The van der Waals surface area contributed by atoms with Crippen LogP contribution >= 0.6 is 11.3 Å². The SMILES string of the molecule is Cc1csc(CC(=O)N/N=C2\C[C@@H](C)CC(C)(C)C2)n1. The third-order valence-electron chi connectivity index (χ3n) is 3.48. The van der Waals surface area contributed by atoms with E-state index in [1.54, 1.807) is 0 Å². The second-order valence-electron chi connectivity index (χ2n) is 6.63. The van der Waals surface area contributed by atoms with Crippen molar-refractivity contribution in [3.63, 3.8) is 0 Å². The zero-order chi connectivity index (χ0) is 14.8. The molecule has 0 radical (unpaired) electrons. The highest BCUT2D eigenvalue weighted by Gasteiger charge is 2.29. The Morgan fingerprint density at radius 2 is 2.35 bits per heavy atom. The molecule has 2 rings (SSSR count). The van der Waals surface area contributed by atoms with Crippen molar-refractivity contribution in [2.24, 2.45) is 16.4 Å². The molecule has 1 N–H and O–H groups in total. The Balaban J connectivity index is 1.90. The van der Waals surface area contributed by atoms with Gasteiger partial charge in [-0.05, 0) is 37.5 Å². The smallest absolute Gasteiger partial charge is 0.246 e. The summed E-state index contributed by atoms with van der Waals surface area (Å²) in [5, 5.41) is 7.13. The molecular weight excluding hydrogens is 270 g/mol. The summed E-state index contributed by atoms with van der Waals surface area (Å²) in [6, 6.07) is 0. The molecule has 5 heteroatoms. The molecule has 0 aromatic carbocycles. The predicted molar refractivity (Wildman–Crippen MR) is 82.9 cm³/mol. The first-order valence-corrected chi connectivity index (χ1v) is 7.97. The molecule has 0 spiro atoms. The van der Waals surface area contributed by atoms with Crippen LogP contribution < -0.4 is 5.43 Å². The Morgan fingerprint density at radius 1 is 1.60 bits per heavy atom. The Labute approximate surface area is 124 Å². The minimum absolute atomic E-state index is 0.0807. The first-order chi connectivity index (χ1) is 9.34. The lowest BCUT2D eigenvalue weighted by Crippen LogP contribution is -2.30. The molecule has 1 fully saturated rings. The number of nitrogens with zero attached hydrogens (tertiary/aromatic N) is 2. The van der Waals surface area contributed by atoms with Crippen molar-refractivity contribution in [1.29, 1.82) is 0 Å². The number of hydrogen-bond acceptors (Lipinski definition) is 4. The number of nitrogens with one attached hydrogen (secondary N) is 1. The van der Waals surface area contributed by atoms with Gasteiger partial charge < -0.3 is 0 Å². The van der Waals surface area contributed by atoms with Crippen LogP contribution in [-0.2, 0) is 11.2 Å². The number of aryl methyl sites for hydroxylation is 1. The van der Waals surface area contributed by atoms with Gasteiger partial charge in [0.25, 0.3) is 0 Å². The molecule has 0 unspecified atom stereocenters. The van der Waals surface area contributed by atoms with Crippen molar-refractivity contribution >= 4 is 23.0 Å². The van der Waals surface area contributed by atoms with Gasteiger partial charge in [0.1, 0.15) is 5.01 Å². The number of amides is 1. The fraction of sp³-hybridized carbons (Fsp3) is 0.667. The fourth-order valence-electron chi connectivity index (χ4n) is 3.00. The van der Waals surface area contributed by atoms with Gasteiger partial charge in [-0.25, -0.2) is 10.4 Å². The minimum Gasteiger partial charge on any atom is -0.273 e. The van der Waals surface area contributed by atoms with E-state index in [1.807, 2.05) is 12.3 Å². The monoisotopic (exact) mass is 293 g/mol. The highest BCUT2D eigenvalue weighted by Crippen LogP contribution is 2.36. The summed E-state index contributed by atoms with van der Waals surface area (Å²) < 4.78 is 0. The van der Waals surface area contributed by atoms with Crippen LogP contribution in [0.3, 0.4) is 0 Å². The maximum Gasteiger partial charge on any atom is 0.246 e. The Kier molecular flexibility index (Phi) is 4.58. The predicted octanol–water partition coefficient (Wildman–Crippen LogP) is 3.31. The summed E-state index contributed by atoms with van der Waals surface area (Å²) in [5.74, 6) is 0.555. The molecule has 0 saturated heterocycles. The number of rotatable bonds is 3. The molecule has 1 aliphatic rings. The number of thiazole rings is 1. The van der Waals surface area contributed by atoms with Gasteiger partial charge in [-0.2, -0.15) is 5.10 Å². The number of aromatic nitrogens is 1. The number of carbonyl (C=O) groups is 1. The quantitative estimate of drug-likeness (QED) is 0.869. The summed E-state index contributed by atoms with van der Waals surface area (Å²) in [6.45, 7) is 8.71. The molecule has 110 valence electrons. The van der Waals surface area contributed by atoms with Gasteiger partial charge in [0.05, 0.1) is 6.42 Å². The first kappa shape index (κ1) is 15.2. The summed E-state index contributed by atoms with van der Waals surface area (Å²) in [6.07, 6.45) is 3.49. The van der Waals surface area contributed by atoms with E-state index in [1.165, 1.54) is 17.8 Å². The number of hydrazone groups is 1. The Hall–Kier alpha value is -1.23. The van der Waals surface area contributed by atoms with Crippen LogP contribution in [0.2, 0.25) is 0 Å². The molecule has 4 nitrogen and oxygen atoms in total. The van der Waals surface area contributed by atoms with Crippen LogP contribution in [-0.4, -0.2) is 16.6 Å². The first-order valence-electron chi connectivity index (χ1n) is 7.09. The van der Waals surface area contributed by atoms with Gasteiger partial charge in [0.2, 0.25) is 5.91 Å². The second kappa shape index (κ2) is 6.04. The van der Waals surface area contributed by atoms with Gasteiger partial charge in [0, 0.05) is 16.8 Å². The molecule has 1 heterocycles. The van der Waals surface area contributed by atoms with Crippen LogP contribution in [0.1, 0.15) is 50.7 Å². The molecule has 1 aliphatic carbocycles. The maximum absolute atomic E-state index is 11.9. The highest BCUT2D eigenvalue weighted by atomic mass is 32.1. The summed E-state index contributed by atoms with van der Waals surface area (Å²) >= 11 is 1.52. The van der Waals surface area contributed by atoms with E-state index in [0.717, 1.165) is 29.3 Å². The number of carbonyl (C=O) groups excluding carboxylic acids is 1. The van der Waals surface area contributed by atoms with E-state index in [9.17, 15) is 4.79 Å². The van der Waals surface area contributed by atoms with Crippen LogP contribution in [0, 0.1) is 18.3 Å². The van der Waals surface area contributed by atoms with E-state index < -0.39 is 0 Å². The highest BCUT2D eigenvalue weighted by molar-refractivity contribution is 7.09. The molecule has 0 bridgehead atoms. The van der Waals surface area contributed by atoms with E-state index in [4.69, 9.17) is 0 Å². The van der Waals surface area contributed by atoms with Crippen molar-refractivity contribution in [2.45, 2.75) is 53.4 Å². The summed E-state index contributed by atoms with van der Waals surface area (Å²) in [7, 11) is 0. The second-order valence-corrected chi connectivity index (χ2v) is 7.57. The van der Waals surface area contributed by atoms with Gasteiger partial charge in [-0.15, -0.1) is 11.3 Å². The summed E-state index contributed by atoms with van der Waals surface area (Å²) in [4.78, 5) is 16.1. The molecule has 1 amide bonds. The molecule has 1 aromatic heterocycles. The third-order valence-corrected chi connectivity index (χ3v) is 4.45. The van der Waals surface area contributed by atoms with Crippen molar-refractivity contribution in [1.82, 2.24) is 10.4 Å². The van der Waals surface area contributed by atoms with E-state index in [0.29, 0.717) is 12.3 Å². The number of hydrogen-bond donors (Lipinski definition) is 1. The molecule has 20 heavy (non-hydrogen) atoms. The molecular formula is C15H23N3OS. The standard InChI is InChI=1S/C15H23N3OS/c1-10-5-12(8-15(3,4)7-10)17-18-13(19)6-14-16-11(2)9-20-14/h9-10H,5-8H2,1-4H3,(H,18,19)/b17-12+/t10-/m1/s1. The average molecular weight is 293 g/mol. The zero-order valence-corrected chi connectivity index (χ0v) is 13.5. The van der Waals surface area contributed by atoms with Crippen LogP contribution in [0.25, 0.3) is 0 Å². The van der Waals surface area contributed by atoms with Crippen LogP contribution in [0.15, 0.2) is 10.5 Å². The third kappa shape index (κ3) is 4.40. The maximum atomic E-state index is 11.9. The van der Waals surface area contributed by atoms with Crippen molar-refractivity contribution in [2.75, 3.05) is 0 Å². The van der Waals surface area contributed by atoms with Crippen molar-refractivity contribution < 1.29 is 4.79 Å². The largest absolute Gasteiger partial charge is 0.273 e. The normalized spacial score (nSPS) is 23.8. The molecule has 1 saturated carbocycles. The lowest BCUT2D eigenvalue weighted by atomic mass is 9.72. The fourth-order valence-corrected chi connectivity index (χ4v) is 3.77. The van der Waals surface area contributed by atoms with Crippen molar-refractivity contribution in [3.05, 3.63) is 16.1 Å². The van der Waals surface area contributed by atoms with Gasteiger partial charge in [-0.3, -0.25) is 4.79 Å². The lowest BCUT2D eigenvalue weighted by molar-refractivity contribution is -0.120. The van der Waals surface area contributed by atoms with E-state index >= 15 is 0 Å². The summed E-state index contributed by atoms with van der Waals surface area (Å²) in [5.41, 5.74) is 5.04. The van der Waals surface area contributed by atoms with E-state index in [2.05, 4.69) is 36.3 Å². The zero-order valence-electron chi connectivity index (χ0n) is 12.7. The van der Waals surface area contributed by atoms with Crippen molar-refractivity contribution in [3.8, 4) is 0 Å². The Bertz CT molecular complexity index is 519. The lowest BCUT2D eigenvalue weighted by Gasteiger charge is -2.34.